The molecule has 1 fully saturated rings. The number of benzene rings is 2. The fourth-order valence-electron chi connectivity index (χ4n) is 3.45. The Hall–Kier alpha value is -3.74. The Morgan fingerprint density at radius 3 is 2.13 bits per heavy atom. The van der Waals surface area contributed by atoms with E-state index >= 15 is 0 Å². The number of carbonyl (C=O) groups excluding carboxylic acids is 2. The lowest BCUT2D eigenvalue weighted by atomic mass is 10.1. The normalized spacial score (nSPS) is 13.3. The van der Waals surface area contributed by atoms with Gasteiger partial charge >= 0.3 is 0 Å². The van der Waals surface area contributed by atoms with E-state index in [1.54, 1.807) is 54.6 Å². The molecule has 0 radical (unpaired) electrons. The molecule has 1 N–H and O–H groups in total. The molecule has 0 spiro atoms. The van der Waals surface area contributed by atoms with E-state index in [4.69, 9.17) is 0 Å². The lowest BCUT2D eigenvalue weighted by Crippen LogP contribution is -2.26. The molecule has 30 heavy (non-hydrogen) atoms. The molecule has 2 heterocycles. The third kappa shape index (κ3) is 4.15. The van der Waals surface area contributed by atoms with Gasteiger partial charge in [-0.2, -0.15) is 4.68 Å². The molecule has 2 aromatic carbocycles. The van der Waals surface area contributed by atoms with Crippen molar-refractivity contribution in [2.24, 2.45) is 0 Å². The lowest BCUT2D eigenvalue weighted by Gasteiger charge is -2.17. The van der Waals surface area contributed by atoms with Crippen LogP contribution in [0.25, 0.3) is 5.69 Å². The molecule has 1 saturated heterocycles. The quantitative estimate of drug-likeness (QED) is 0.662. The van der Waals surface area contributed by atoms with Crippen LogP contribution in [-0.4, -0.2) is 34.6 Å². The molecule has 7 heteroatoms. The minimum atomic E-state index is -0.275. The molecule has 7 nitrogen and oxygen atoms in total. The highest BCUT2D eigenvalue weighted by atomic mass is 16.2. The van der Waals surface area contributed by atoms with Gasteiger partial charge in [0.05, 0.1) is 5.69 Å². The summed E-state index contributed by atoms with van der Waals surface area (Å²) < 4.78 is 1.36. The van der Waals surface area contributed by atoms with Crippen molar-refractivity contribution >= 4 is 23.2 Å². The molecular weight excluding hydrogens is 380 g/mol. The van der Waals surface area contributed by atoms with Crippen molar-refractivity contribution in [1.82, 2.24) is 9.78 Å². The molecule has 3 aromatic rings. The van der Waals surface area contributed by atoms with Crippen LogP contribution >= 0.6 is 0 Å². The molecular formula is C23H22N4O3. The van der Waals surface area contributed by atoms with Crippen molar-refractivity contribution in [2.45, 2.75) is 19.8 Å². The molecule has 0 aliphatic carbocycles. The van der Waals surface area contributed by atoms with Gasteiger partial charge in [0.25, 0.3) is 11.5 Å². The van der Waals surface area contributed by atoms with Gasteiger partial charge in [0.2, 0.25) is 0 Å². The molecule has 0 atom stereocenters. The van der Waals surface area contributed by atoms with E-state index < -0.39 is 0 Å². The number of carbonyl (C=O) groups is 2. The van der Waals surface area contributed by atoms with E-state index in [0.29, 0.717) is 22.5 Å². The predicted octanol–water partition coefficient (Wildman–Crippen LogP) is 3.29. The molecule has 1 amide bonds. The van der Waals surface area contributed by atoms with Gasteiger partial charge in [-0.3, -0.25) is 14.4 Å². The number of hydrogen-bond donors (Lipinski definition) is 1. The number of amides is 1. The number of nitrogens with one attached hydrogen (secondary N) is 1. The molecule has 1 aromatic heterocycles. The van der Waals surface area contributed by atoms with E-state index in [0.717, 1.165) is 31.7 Å². The Bertz CT molecular complexity index is 1130. The van der Waals surface area contributed by atoms with Gasteiger partial charge in [-0.25, -0.2) is 0 Å². The van der Waals surface area contributed by atoms with Crippen molar-refractivity contribution in [1.29, 1.82) is 0 Å². The summed E-state index contributed by atoms with van der Waals surface area (Å²) in [4.78, 5) is 38.3. The number of rotatable bonds is 5. The maximum Gasteiger partial charge on any atom is 0.271 e. The van der Waals surface area contributed by atoms with E-state index in [1.165, 1.54) is 17.7 Å². The van der Waals surface area contributed by atoms with Gasteiger partial charge in [-0.05, 0) is 74.4 Å². The van der Waals surface area contributed by atoms with Crippen molar-refractivity contribution in [3.63, 3.8) is 0 Å². The van der Waals surface area contributed by atoms with Gasteiger partial charge in [-0.15, -0.1) is 5.10 Å². The average Bonchev–Trinajstić information content (AvgIpc) is 3.29. The molecule has 0 unspecified atom stereocenters. The number of ketones is 1. The third-order valence-corrected chi connectivity index (χ3v) is 5.14. The zero-order valence-corrected chi connectivity index (χ0v) is 16.7. The largest absolute Gasteiger partial charge is 0.355 e. The summed E-state index contributed by atoms with van der Waals surface area (Å²) in [6.07, 6.45) is 2.25. The summed E-state index contributed by atoms with van der Waals surface area (Å²) in [5.74, 6) is 0.479. The van der Waals surface area contributed by atoms with Crippen LogP contribution in [0.4, 0.5) is 11.5 Å². The first-order chi connectivity index (χ1) is 14.5. The maximum absolute atomic E-state index is 12.5. The maximum atomic E-state index is 12.5. The smallest absolute Gasteiger partial charge is 0.271 e. The van der Waals surface area contributed by atoms with Crippen molar-refractivity contribution < 1.29 is 9.59 Å². The lowest BCUT2D eigenvalue weighted by molar-refractivity contribution is 0.101. The summed E-state index contributed by atoms with van der Waals surface area (Å²) in [6, 6.07) is 16.7. The van der Waals surface area contributed by atoms with Crippen LogP contribution < -0.4 is 15.8 Å². The summed E-state index contributed by atoms with van der Waals surface area (Å²) in [5, 5.41) is 7.29. The average molecular weight is 402 g/mol. The Kier molecular flexibility index (Phi) is 5.43. The molecule has 1 aliphatic rings. The SMILES string of the molecule is CC(=O)c1ccc(NC(=O)c2ccc(-n3nc(N4CCCC4)ccc3=O)cc2)cc1. The highest BCUT2D eigenvalue weighted by Crippen LogP contribution is 2.17. The first-order valence-corrected chi connectivity index (χ1v) is 9.89. The van der Waals surface area contributed by atoms with Crippen LogP contribution in [0.2, 0.25) is 0 Å². The first kappa shape index (κ1) is 19.6. The minimum absolute atomic E-state index is 0.0267. The summed E-state index contributed by atoms with van der Waals surface area (Å²) in [5.41, 5.74) is 2.03. The van der Waals surface area contributed by atoms with Crippen LogP contribution in [0.1, 0.15) is 40.5 Å². The molecule has 0 bridgehead atoms. The molecule has 1 aliphatic heterocycles. The van der Waals surface area contributed by atoms with E-state index in [1.807, 2.05) is 0 Å². The highest BCUT2D eigenvalue weighted by molar-refractivity contribution is 6.04. The van der Waals surface area contributed by atoms with Gasteiger partial charge < -0.3 is 10.2 Å². The second-order valence-electron chi connectivity index (χ2n) is 7.27. The number of nitrogens with zero attached hydrogens (tertiary/aromatic N) is 3. The highest BCUT2D eigenvalue weighted by Gasteiger charge is 2.15. The Morgan fingerprint density at radius 1 is 0.867 bits per heavy atom. The Morgan fingerprint density at radius 2 is 1.50 bits per heavy atom. The van der Waals surface area contributed by atoms with Crippen LogP contribution in [-0.2, 0) is 0 Å². The third-order valence-electron chi connectivity index (χ3n) is 5.14. The number of Topliss-reactive ketones (excluding diaryl/α,β-unsaturated/α-hetero) is 1. The van der Waals surface area contributed by atoms with Crippen LogP contribution in [0.5, 0.6) is 0 Å². The standard InChI is InChI=1S/C23H22N4O3/c1-16(28)17-4-8-19(9-5-17)24-23(30)18-6-10-20(11-7-18)27-22(29)13-12-21(25-27)26-14-2-3-15-26/h4-13H,2-3,14-15H2,1H3,(H,24,30). The van der Waals surface area contributed by atoms with Crippen LogP contribution in [0, 0.1) is 0 Å². The van der Waals surface area contributed by atoms with Gasteiger partial charge in [0.15, 0.2) is 5.78 Å². The van der Waals surface area contributed by atoms with E-state index in [-0.39, 0.29) is 17.2 Å². The predicted molar refractivity (Wildman–Crippen MR) is 116 cm³/mol. The first-order valence-electron chi connectivity index (χ1n) is 9.89. The molecule has 152 valence electrons. The monoisotopic (exact) mass is 402 g/mol. The topological polar surface area (TPSA) is 84.3 Å². The number of anilines is 2. The zero-order valence-electron chi connectivity index (χ0n) is 16.7. The number of hydrogen-bond acceptors (Lipinski definition) is 5. The second-order valence-corrected chi connectivity index (χ2v) is 7.27. The van der Waals surface area contributed by atoms with E-state index in [2.05, 4.69) is 15.3 Å². The second kappa shape index (κ2) is 8.32. The Labute approximate surface area is 174 Å². The summed E-state index contributed by atoms with van der Waals surface area (Å²) in [7, 11) is 0. The van der Waals surface area contributed by atoms with Crippen molar-refractivity contribution in [3.8, 4) is 5.69 Å². The van der Waals surface area contributed by atoms with Crippen LogP contribution in [0.3, 0.4) is 0 Å². The fraction of sp³-hybridized carbons (Fsp3) is 0.217. The summed E-state index contributed by atoms with van der Waals surface area (Å²) in [6.45, 7) is 3.38. The van der Waals surface area contributed by atoms with Gasteiger partial charge in [-0.1, -0.05) is 0 Å². The number of aromatic nitrogens is 2. The fourth-order valence-corrected chi connectivity index (χ4v) is 3.45. The van der Waals surface area contributed by atoms with E-state index in [9.17, 15) is 14.4 Å². The van der Waals surface area contributed by atoms with Crippen molar-refractivity contribution in [3.05, 3.63) is 82.1 Å². The zero-order chi connectivity index (χ0) is 21.1. The Balaban J connectivity index is 1.51. The molecule has 0 saturated carbocycles. The minimum Gasteiger partial charge on any atom is -0.355 e. The van der Waals surface area contributed by atoms with Crippen LogP contribution in [0.15, 0.2) is 65.5 Å². The van der Waals surface area contributed by atoms with Gasteiger partial charge in [0, 0.05) is 36.0 Å². The van der Waals surface area contributed by atoms with Gasteiger partial charge in [0.1, 0.15) is 5.82 Å². The summed E-state index contributed by atoms with van der Waals surface area (Å²) >= 11 is 0. The van der Waals surface area contributed by atoms with Crippen molar-refractivity contribution in [2.75, 3.05) is 23.3 Å². The molecule has 4 rings (SSSR count).